The molecular formula is C20H30O2Si. The van der Waals surface area contributed by atoms with Crippen molar-refractivity contribution >= 4 is 14.1 Å². The van der Waals surface area contributed by atoms with Crippen LogP contribution in [0.25, 0.3) is 0 Å². The maximum Gasteiger partial charge on any atom is 0.192 e. The van der Waals surface area contributed by atoms with Crippen molar-refractivity contribution in [3.8, 4) is 0 Å². The van der Waals surface area contributed by atoms with Gasteiger partial charge in [-0.2, -0.15) is 0 Å². The van der Waals surface area contributed by atoms with Crippen LogP contribution in [0.1, 0.15) is 40.2 Å². The fourth-order valence-electron chi connectivity index (χ4n) is 1.91. The molecule has 0 radical (unpaired) electrons. The monoisotopic (exact) mass is 330 g/mol. The molecule has 2 nitrogen and oxygen atoms in total. The summed E-state index contributed by atoms with van der Waals surface area (Å²) >= 11 is 0. The van der Waals surface area contributed by atoms with Crippen molar-refractivity contribution in [2.45, 2.75) is 59.2 Å². The van der Waals surface area contributed by atoms with E-state index in [0.29, 0.717) is 5.57 Å². The first-order valence-electron chi connectivity index (χ1n) is 8.17. The first-order chi connectivity index (χ1) is 10.5. The topological polar surface area (TPSA) is 26.3 Å². The van der Waals surface area contributed by atoms with E-state index in [0.717, 1.165) is 12.0 Å². The minimum Gasteiger partial charge on any atom is -0.409 e. The van der Waals surface area contributed by atoms with E-state index in [9.17, 15) is 4.79 Å². The molecule has 23 heavy (non-hydrogen) atoms. The van der Waals surface area contributed by atoms with E-state index in [1.807, 2.05) is 32.0 Å². The Balaban J connectivity index is 2.73. The number of rotatable bonds is 6. The third-order valence-corrected chi connectivity index (χ3v) is 8.98. The Kier molecular flexibility index (Phi) is 6.76. The number of carbonyl (C=O) groups is 1. The first kappa shape index (κ1) is 19.6. The van der Waals surface area contributed by atoms with Gasteiger partial charge in [-0.15, -0.1) is 5.73 Å². The van der Waals surface area contributed by atoms with Gasteiger partial charge in [0.05, 0.1) is 6.61 Å². The molecule has 0 saturated heterocycles. The van der Waals surface area contributed by atoms with Crippen molar-refractivity contribution in [1.82, 2.24) is 0 Å². The molecule has 0 N–H and O–H groups in total. The summed E-state index contributed by atoms with van der Waals surface area (Å²) in [4.78, 5) is 12.3. The Morgan fingerprint density at radius 1 is 1.13 bits per heavy atom. The Labute approximate surface area is 142 Å². The number of carbonyl (C=O) groups excluding carboxylic acids is 1. The lowest BCUT2D eigenvalue weighted by molar-refractivity contribution is -0.117. The summed E-state index contributed by atoms with van der Waals surface area (Å²) in [5, 5.41) is 0.115. The summed E-state index contributed by atoms with van der Waals surface area (Å²) in [7, 11) is -1.88. The van der Waals surface area contributed by atoms with Gasteiger partial charge in [0.2, 0.25) is 0 Å². The van der Waals surface area contributed by atoms with E-state index < -0.39 is 8.32 Å². The van der Waals surface area contributed by atoms with E-state index in [4.69, 9.17) is 4.43 Å². The smallest absolute Gasteiger partial charge is 0.192 e. The minimum absolute atomic E-state index is 0.0298. The van der Waals surface area contributed by atoms with Crippen LogP contribution in [0.15, 0.2) is 47.2 Å². The summed E-state index contributed by atoms with van der Waals surface area (Å²) in [6.07, 6.45) is 0.814. The lowest BCUT2D eigenvalue weighted by Gasteiger charge is -2.35. The van der Waals surface area contributed by atoms with E-state index in [-0.39, 0.29) is 17.4 Å². The third kappa shape index (κ3) is 6.30. The Morgan fingerprint density at radius 2 is 1.70 bits per heavy atom. The van der Waals surface area contributed by atoms with Gasteiger partial charge in [-0.05, 0) is 43.1 Å². The predicted molar refractivity (Wildman–Crippen MR) is 100 cm³/mol. The zero-order valence-electron chi connectivity index (χ0n) is 15.6. The Morgan fingerprint density at radius 3 is 2.22 bits per heavy atom. The molecule has 3 heteroatoms. The minimum atomic E-state index is -1.88. The van der Waals surface area contributed by atoms with Crippen molar-refractivity contribution < 1.29 is 9.22 Å². The quantitative estimate of drug-likeness (QED) is 0.401. The summed E-state index contributed by atoms with van der Waals surface area (Å²) in [6, 6.07) is 10.2. The number of Topliss-reactive ketones (excluding diaryl/α,β-unsaturated/α-hetero) is 1. The number of hydrogen-bond donors (Lipinski definition) is 0. The van der Waals surface area contributed by atoms with Gasteiger partial charge in [-0.3, -0.25) is 4.79 Å². The van der Waals surface area contributed by atoms with E-state index >= 15 is 0 Å². The molecule has 1 aromatic rings. The molecule has 0 fully saturated rings. The largest absolute Gasteiger partial charge is 0.409 e. The van der Waals surface area contributed by atoms with Crippen LogP contribution in [-0.4, -0.2) is 20.7 Å². The summed E-state index contributed by atoms with van der Waals surface area (Å²) in [5.41, 5.74) is 6.17. The molecular weight excluding hydrogens is 300 g/mol. The van der Waals surface area contributed by atoms with Crippen molar-refractivity contribution in [3.05, 3.63) is 52.8 Å². The van der Waals surface area contributed by atoms with Gasteiger partial charge in [-0.25, -0.2) is 0 Å². The molecule has 0 bridgehead atoms. The fourth-order valence-corrected chi connectivity index (χ4v) is 2.83. The number of ketones is 1. The molecule has 0 aliphatic rings. The molecule has 0 atom stereocenters. The molecule has 0 unspecified atom stereocenters. The highest BCUT2D eigenvalue weighted by molar-refractivity contribution is 6.74. The Bertz CT molecular complexity index is 600. The molecule has 0 spiro atoms. The van der Waals surface area contributed by atoms with Gasteiger partial charge >= 0.3 is 0 Å². The molecule has 0 aromatic heterocycles. The second-order valence-corrected chi connectivity index (χ2v) is 12.5. The second-order valence-electron chi connectivity index (χ2n) is 7.66. The van der Waals surface area contributed by atoms with Crippen LogP contribution in [-0.2, 0) is 15.6 Å². The second kappa shape index (κ2) is 7.92. The van der Waals surface area contributed by atoms with Crippen LogP contribution in [0, 0.1) is 0 Å². The summed E-state index contributed by atoms with van der Waals surface area (Å²) < 4.78 is 6.00. The van der Waals surface area contributed by atoms with Gasteiger partial charge in [-0.1, -0.05) is 51.1 Å². The molecule has 0 heterocycles. The molecule has 0 amide bonds. The van der Waals surface area contributed by atoms with Crippen LogP contribution >= 0.6 is 0 Å². The highest BCUT2D eigenvalue weighted by Crippen LogP contribution is 2.36. The van der Waals surface area contributed by atoms with Gasteiger partial charge in [0, 0.05) is 12.0 Å². The average Bonchev–Trinajstić information content (AvgIpc) is 2.44. The molecule has 0 aliphatic carbocycles. The van der Waals surface area contributed by atoms with Gasteiger partial charge in [0.15, 0.2) is 14.1 Å². The van der Waals surface area contributed by atoms with Crippen LogP contribution in [0.4, 0.5) is 0 Å². The van der Waals surface area contributed by atoms with E-state index in [1.54, 1.807) is 0 Å². The highest BCUT2D eigenvalue weighted by atomic mass is 28.4. The van der Waals surface area contributed by atoms with Crippen LogP contribution in [0.3, 0.4) is 0 Å². The standard InChI is InChI=1S/C20H30O2Si/c1-16(14-18-11-9-8-10-12-18)13-17(2)19(21)15-22-23(6,7)20(3,4)5/h8-12H,14-15H2,1-7H3. The molecule has 1 aromatic carbocycles. The van der Waals surface area contributed by atoms with Gasteiger partial charge in [0.1, 0.15) is 0 Å². The van der Waals surface area contributed by atoms with Crippen molar-refractivity contribution in [2.24, 2.45) is 0 Å². The average molecular weight is 331 g/mol. The number of benzene rings is 1. The van der Waals surface area contributed by atoms with E-state index in [1.165, 1.54) is 5.56 Å². The normalized spacial score (nSPS) is 11.8. The van der Waals surface area contributed by atoms with Crippen molar-refractivity contribution in [3.63, 3.8) is 0 Å². The molecule has 0 aliphatic heterocycles. The van der Waals surface area contributed by atoms with Gasteiger partial charge in [0.25, 0.3) is 0 Å². The Hall–Kier alpha value is -1.41. The predicted octanol–water partition coefficient (Wildman–Crippen LogP) is 5.31. The van der Waals surface area contributed by atoms with Crippen LogP contribution in [0.5, 0.6) is 0 Å². The number of hydrogen-bond acceptors (Lipinski definition) is 2. The SMILES string of the molecule is CC(=C=C(C)C(=O)CO[Si](C)(C)C(C)(C)C)Cc1ccccc1. The zero-order valence-corrected chi connectivity index (χ0v) is 16.6. The molecule has 0 saturated carbocycles. The zero-order chi connectivity index (χ0) is 17.7. The summed E-state index contributed by atoms with van der Waals surface area (Å²) in [5.74, 6) is 0.0298. The summed E-state index contributed by atoms with van der Waals surface area (Å²) in [6.45, 7) is 14.9. The fraction of sp³-hybridized carbons (Fsp3) is 0.500. The van der Waals surface area contributed by atoms with E-state index in [2.05, 4.69) is 51.7 Å². The molecule has 126 valence electrons. The lowest BCUT2D eigenvalue weighted by Crippen LogP contribution is -2.42. The maximum atomic E-state index is 12.3. The van der Waals surface area contributed by atoms with Crippen LogP contribution in [0.2, 0.25) is 18.1 Å². The van der Waals surface area contributed by atoms with Crippen molar-refractivity contribution in [2.75, 3.05) is 6.61 Å². The third-order valence-electron chi connectivity index (χ3n) is 4.50. The van der Waals surface area contributed by atoms with Crippen LogP contribution < -0.4 is 0 Å². The molecule has 1 rings (SSSR count). The van der Waals surface area contributed by atoms with Crippen molar-refractivity contribution in [1.29, 1.82) is 0 Å². The highest BCUT2D eigenvalue weighted by Gasteiger charge is 2.37. The maximum absolute atomic E-state index is 12.3. The first-order valence-corrected chi connectivity index (χ1v) is 11.1. The lowest BCUT2D eigenvalue weighted by atomic mass is 10.1. The van der Waals surface area contributed by atoms with Gasteiger partial charge < -0.3 is 4.43 Å².